The molecule has 0 radical (unpaired) electrons. The lowest BCUT2D eigenvalue weighted by Crippen LogP contribution is -2.42. The molecule has 0 spiro atoms. The standard InChI is InChI=1S/C19H21NO4/c1-20(19(21)11-14-7-9-15(22-2)10-8-14)12-16-13-23-17-5-3-4-6-18(17)24-16/h3-10,16H,11-13H2,1-2H3. The Bertz CT molecular complexity index is 699. The van der Waals surface area contributed by atoms with Crippen LogP contribution in [0.4, 0.5) is 0 Å². The smallest absolute Gasteiger partial charge is 0.226 e. The van der Waals surface area contributed by atoms with Crippen molar-refractivity contribution in [1.82, 2.24) is 4.90 Å². The molecule has 0 saturated heterocycles. The SMILES string of the molecule is COc1ccc(CC(=O)N(C)CC2COc3ccccc3O2)cc1. The maximum Gasteiger partial charge on any atom is 0.226 e. The Morgan fingerprint density at radius 2 is 1.88 bits per heavy atom. The van der Waals surface area contributed by atoms with Gasteiger partial charge in [0.1, 0.15) is 12.4 Å². The summed E-state index contributed by atoms with van der Waals surface area (Å²) >= 11 is 0. The van der Waals surface area contributed by atoms with Crippen molar-refractivity contribution in [3.05, 3.63) is 54.1 Å². The second-order valence-electron chi connectivity index (χ2n) is 5.80. The van der Waals surface area contributed by atoms with E-state index in [2.05, 4.69) is 0 Å². The Balaban J connectivity index is 1.54. The quantitative estimate of drug-likeness (QED) is 0.847. The first-order chi connectivity index (χ1) is 11.7. The van der Waals surface area contributed by atoms with Crippen molar-refractivity contribution in [2.24, 2.45) is 0 Å². The molecule has 24 heavy (non-hydrogen) atoms. The number of amides is 1. The van der Waals surface area contributed by atoms with Gasteiger partial charge < -0.3 is 19.1 Å². The van der Waals surface area contributed by atoms with Gasteiger partial charge in [0.25, 0.3) is 0 Å². The van der Waals surface area contributed by atoms with Gasteiger partial charge in [0, 0.05) is 7.05 Å². The van der Waals surface area contributed by atoms with Gasteiger partial charge in [-0.15, -0.1) is 0 Å². The fraction of sp³-hybridized carbons (Fsp3) is 0.316. The van der Waals surface area contributed by atoms with E-state index in [1.165, 1.54) is 0 Å². The van der Waals surface area contributed by atoms with Gasteiger partial charge >= 0.3 is 0 Å². The first-order valence-corrected chi connectivity index (χ1v) is 7.91. The number of likely N-dealkylation sites (N-methyl/N-ethyl adjacent to an activating group) is 1. The minimum absolute atomic E-state index is 0.0441. The third kappa shape index (κ3) is 3.79. The fourth-order valence-electron chi connectivity index (χ4n) is 2.61. The summed E-state index contributed by atoms with van der Waals surface area (Å²) in [5.41, 5.74) is 0.957. The molecule has 1 aliphatic rings. The number of methoxy groups -OCH3 is 1. The van der Waals surface area contributed by atoms with E-state index < -0.39 is 0 Å². The summed E-state index contributed by atoms with van der Waals surface area (Å²) in [5, 5.41) is 0. The van der Waals surface area contributed by atoms with Crippen molar-refractivity contribution >= 4 is 5.91 Å². The van der Waals surface area contributed by atoms with Crippen LogP contribution in [-0.4, -0.2) is 44.2 Å². The first kappa shape index (κ1) is 16.2. The van der Waals surface area contributed by atoms with E-state index in [4.69, 9.17) is 14.2 Å². The van der Waals surface area contributed by atoms with Crippen molar-refractivity contribution < 1.29 is 19.0 Å². The van der Waals surface area contributed by atoms with Crippen molar-refractivity contribution in [3.63, 3.8) is 0 Å². The molecule has 2 aromatic carbocycles. The van der Waals surface area contributed by atoms with Crippen molar-refractivity contribution in [2.75, 3.05) is 27.3 Å². The number of ether oxygens (including phenoxy) is 3. The van der Waals surface area contributed by atoms with Crippen molar-refractivity contribution in [1.29, 1.82) is 0 Å². The summed E-state index contributed by atoms with van der Waals surface area (Å²) in [4.78, 5) is 14.1. The molecule has 3 rings (SSSR count). The lowest BCUT2D eigenvalue weighted by molar-refractivity contribution is -0.130. The van der Waals surface area contributed by atoms with Crippen molar-refractivity contribution in [3.8, 4) is 17.2 Å². The third-order valence-electron chi connectivity index (χ3n) is 3.99. The number of para-hydroxylation sites is 2. The minimum Gasteiger partial charge on any atom is -0.497 e. The van der Waals surface area contributed by atoms with Gasteiger partial charge in [-0.3, -0.25) is 4.79 Å². The van der Waals surface area contributed by atoms with E-state index in [0.717, 1.165) is 22.8 Å². The van der Waals surface area contributed by atoms with Gasteiger partial charge in [-0.25, -0.2) is 0 Å². The average molecular weight is 327 g/mol. The number of hydrogen-bond donors (Lipinski definition) is 0. The zero-order valence-corrected chi connectivity index (χ0v) is 13.9. The van der Waals surface area contributed by atoms with E-state index >= 15 is 0 Å². The minimum atomic E-state index is -0.162. The van der Waals surface area contributed by atoms with Crippen LogP contribution >= 0.6 is 0 Å². The zero-order valence-electron chi connectivity index (χ0n) is 13.9. The summed E-state index contributed by atoms with van der Waals surface area (Å²) in [6.45, 7) is 0.931. The van der Waals surface area contributed by atoms with Gasteiger partial charge in [-0.05, 0) is 29.8 Å². The van der Waals surface area contributed by atoms with E-state index in [1.54, 1.807) is 19.1 Å². The molecule has 0 saturated carbocycles. The topological polar surface area (TPSA) is 48.0 Å². The summed E-state index contributed by atoms with van der Waals surface area (Å²) in [5.74, 6) is 2.30. The van der Waals surface area contributed by atoms with Gasteiger partial charge in [-0.2, -0.15) is 0 Å². The molecule has 0 fully saturated rings. The van der Waals surface area contributed by atoms with E-state index in [1.807, 2.05) is 48.5 Å². The molecule has 2 aromatic rings. The highest BCUT2D eigenvalue weighted by molar-refractivity contribution is 5.78. The molecule has 1 amide bonds. The van der Waals surface area contributed by atoms with Crippen LogP contribution in [0.5, 0.6) is 17.2 Å². The molecule has 0 aliphatic carbocycles. The average Bonchev–Trinajstić information content (AvgIpc) is 2.62. The molecule has 5 nitrogen and oxygen atoms in total. The van der Waals surface area contributed by atoms with Crippen molar-refractivity contribution in [2.45, 2.75) is 12.5 Å². The van der Waals surface area contributed by atoms with Crippen LogP contribution in [0.15, 0.2) is 48.5 Å². The molecular formula is C19H21NO4. The fourth-order valence-corrected chi connectivity index (χ4v) is 2.61. The number of carbonyl (C=O) groups is 1. The van der Waals surface area contributed by atoms with Crippen LogP contribution < -0.4 is 14.2 Å². The van der Waals surface area contributed by atoms with Crippen LogP contribution in [0, 0.1) is 0 Å². The van der Waals surface area contributed by atoms with E-state index in [0.29, 0.717) is 19.6 Å². The highest BCUT2D eigenvalue weighted by Gasteiger charge is 2.23. The van der Waals surface area contributed by atoms with Crippen LogP contribution in [0.2, 0.25) is 0 Å². The van der Waals surface area contributed by atoms with Crippen LogP contribution in [-0.2, 0) is 11.2 Å². The van der Waals surface area contributed by atoms with E-state index in [9.17, 15) is 4.79 Å². The van der Waals surface area contributed by atoms with Gasteiger partial charge in [0.15, 0.2) is 17.6 Å². The predicted molar refractivity (Wildman–Crippen MR) is 90.7 cm³/mol. The number of benzene rings is 2. The van der Waals surface area contributed by atoms with Gasteiger partial charge in [0.05, 0.1) is 20.1 Å². The largest absolute Gasteiger partial charge is 0.497 e. The summed E-state index contributed by atoms with van der Waals surface area (Å²) in [6.07, 6.45) is 0.190. The van der Waals surface area contributed by atoms with Crippen LogP contribution in [0.3, 0.4) is 0 Å². The second kappa shape index (κ2) is 7.25. The molecule has 0 aromatic heterocycles. The van der Waals surface area contributed by atoms with Crippen LogP contribution in [0.1, 0.15) is 5.56 Å². The molecule has 1 atom stereocenters. The van der Waals surface area contributed by atoms with Gasteiger partial charge in [-0.1, -0.05) is 24.3 Å². The number of rotatable bonds is 5. The monoisotopic (exact) mass is 327 g/mol. The normalized spacial score (nSPS) is 15.7. The lowest BCUT2D eigenvalue weighted by Gasteiger charge is -2.29. The highest BCUT2D eigenvalue weighted by Crippen LogP contribution is 2.30. The molecule has 0 N–H and O–H groups in total. The maximum absolute atomic E-state index is 12.4. The van der Waals surface area contributed by atoms with E-state index in [-0.39, 0.29) is 12.0 Å². The first-order valence-electron chi connectivity index (χ1n) is 7.91. The lowest BCUT2D eigenvalue weighted by atomic mass is 10.1. The third-order valence-corrected chi connectivity index (χ3v) is 3.99. The molecule has 5 heteroatoms. The summed E-state index contributed by atoms with van der Waals surface area (Å²) in [6, 6.07) is 15.1. The maximum atomic E-state index is 12.4. The number of hydrogen-bond acceptors (Lipinski definition) is 4. The highest BCUT2D eigenvalue weighted by atomic mass is 16.6. The second-order valence-corrected chi connectivity index (χ2v) is 5.80. The predicted octanol–water partition coefficient (Wildman–Crippen LogP) is 2.54. The Morgan fingerprint density at radius 1 is 1.17 bits per heavy atom. The molecule has 1 heterocycles. The molecule has 1 unspecified atom stereocenters. The molecule has 1 aliphatic heterocycles. The molecule has 126 valence electrons. The van der Waals surface area contributed by atoms with Crippen LogP contribution in [0.25, 0.3) is 0 Å². The number of nitrogens with zero attached hydrogens (tertiary/aromatic N) is 1. The number of fused-ring (bicyclic) bond motifs is 1. The molecular weight excluding hydrogens is 306 g/mol. The Labute approximate surface area is 141 Å². The van der Waals surface area contributed by atoms with Gasteiger partial charge in [0.2, 0.25) is 5.91 Å². The summed E-state index contributed by atoms with van der Waals surface area (Å²) in [7, 11) is 3.41. The Morgan fingerprint density at radius 3 is 2.58 bits per heavy atom. The Kier molecular flexibility index (Phi) is 4.89. The molecule has 0 bridgehead atoms. The summed E-state index contributed by atoms with van der Waals surface area (Å²) < 4.78 is 16.7. The zero-order chi connectivity index (χ0) is 16.9. The number of carbonyl (C=O) groups excluding carboxylic acids is 1. The Hall–Kier alpha value is -2.69.